The van der Waals surface area contributed by atoms with Gasteiger partial charge in [-0.2, -0.15) is 5.10 Å². The Labute approximate surface area is 109 Å². The fourth-order valence-corrected chi connectivity index (χ4v) is 2.25. The molecule has 0 aliphatic heterocycles. The molecule has 0 bridgehead atoms. The van der Waals surface area contributed by atoms with Crippen LogP contribution in [-0.2, 0) is 6.54 Å². The molecule has 0 aliphatic carbocycles. The first kappa shape index (κ1) is 12.8. The van der Waals surface area contributed by atoms with Crippen LogP contribution in [0.2, 0.25) is 0 Å². The molecule has 1 atom stereocenters. The van der Waals surface area contributed by atoms with Gasteiger partial charge in [-0.15, -0.1) is 0 Å². The van der Waals surface area contributed by atoms with Crippen molar-refractivity contribution >= 4 is 0 Å². The second-order valence-electron chi connectivity index (χ2n) is 4.71. The lowest BCUT2D eigenvalue weighted by Crippen LogP contribution is -2.14. The van der Waals surface area contributed by atoms with Crippen molar-refractivity contribution in [3.8, 4) is 0 Å². The van der Waals surface area contributed by atoms with Crippen LogP contribution in [0.1, 0.15) is 36.1 Å². The highest BCUT2D eigenvalue weighted by molar-refractivity contribution is 5.22. The molecule has 0 saturated carbocycles. The molecular weight excluding hydrogens is 222 g/mol. The molecule has 96 valence electrons. The van der Waals surface area contributed by atoms with Crippen LogP contribution in [0, 0.1) is 6.92 Å². The van der Waals surface area contributed by atoms with E-state index in [1.54, 1.807) is 0 Å². The molecule has 1 aromatic heterocycles. The Kier molecular flexibility index (Phi) is 4.15. The van der Waals surface area contributed by atoms with E-state index in [4.69, 9.17) is 0 Å². The number of hydrogen-bond donors (Lipinski definition) is 1. The highest BCUT2D eigenvalue weighted by Gasteiger charge is 2.08. The van der Waals surface area contributed by atoms with Crippen LogP contribution < -0.4 is 5.32 Å². The monoisotopic (exact) mass is 243 g/mol. The van der Waals surface area contributed by atoms with Crippen LogP contribution >= 0.6 is 0 Å². The fraction of sp³-hybridized carbons (Fsp3) is 0.400. The summed E-state index contributed by atoms with van der Waals surface area (Å²) in [4.78, 5) is 0. The lowest BCUT2D eigenvalue weighted by atomic mass is 10.1. The molecule has 0 amide bonds. The van der Waals surface area contributed by atoms with E-state index in [1.165, 1.54) is 16.7 Å². The zero-order valence-corrected chi connectivity index (χ0v) is 11.4. The maximum Gasteiger partial charge on any atom is 0.0659 e. The van der Waals surface area contributed by atoms with Gasteiger partial charge >= 0.3 is 0 Å². The number of aromatic nitrogens is 2. The first-order valence-electron chi connectivity index (χ1n) is 6.48. The van der Waals surface area contributed by atoms with Crippen molar-refractivity contribution in [2.75, 3.05) is 7.05 Å². The number of nitrogens with one attached hydrogen (secondary N) is 1. The standard InChI is InChI=1S/C15H21N3/c1-4-15(16-3)14-9-17-18(11-14)10-13-7-5-6-12(2)8-13/h5-9,11,15-16H,4,10H2,1-3H3. The third-order valence-electron chi connectivity index (χ3n) is 3.24. The van der Waals surface area contributed by atoms with Crippen LogP contribution in [0.4, 0.5) is 0 Å². The molecule has 1 unspecified atom stereocenters. The van der Waals surface area contributed by atoms with Crippen molar-refractivity contribution < 1.29 is 0 Å². The third kappa shape index (κ3) is 2.99. The van der Waals surface area contributed by atoms with Gasteiger partial charge in [-0.25, -0.2) is 0 Å². The van der Waals surface area contributed by atoms with E-state index in [0.29, 0.717) is 6.04 Å². The molecule has 1 aromatic carbocycles. The highest BCUT2D eigenvalue weighted by atomic mass is 15.3. The lowest BCUT2D eigenvalue weighted by molar-refractivity contribution is 0.575. The summed E-state index contributed by atoms with van der Waals surface area (Å²) in [5, 5.41) is 7.74. The van der Waals surface area contributed by atoms with E-state index in [0.717, 1.165) is 13.0 Å². The van der Waals surface area contributed by atoms with Gasteiger partial charge in [0.2, 0.25) is 0 Å². The predicted molar refractivity (Wildman–Crippen MR) is 74.6 cm³/mol. The van der Waals surface area contributed by atoms with Crippen LogP contribution in [-0.4, -0.2) is 16.8 Å². The molecule has 2 rings (SSSR count). The summed E-state index contributed by atoms with van der Waals surface area (Å²) in [6.45, 7) is 5.13. The summed E-state index contributed by atoms with van der Waals surface area (Å²) in [5.41, 5.74) is 3.84. The molecule has 1 N–H and O–H groups in total. The van der Waals surface area contributed by atoms with Gasteiger partial charge in [0.1, 0.15) is 0 Å². The van der Waals surface area contributed by atoms with Gasteiger partial charge in [-0.1, -0.05) is 36.8 Å². The van der Waals surface area contributed by atoms with Gasteiger partial charge in [0.15, 0.2) is 0 Å². The zero-order chi connectivity index (χ0) is 13.0. The molecule has 3 nitrogen and oxygen atoms in total. The Bertz CT molecular complexity index is 498. The van der Waals surface area contributed by atoms with Crippen molar-refractivity contribution in [2.24, 2.45) is 0 Å². The molecule has 18 heavy (non-hydrogen) atoms. The normalized spacial score (nSPS) is 12.6. The average Bonchev–Trinajstić information content (AvgIpc) is 2.79. The topological polar surface area (TPSA) is 29.9 Å². The van der Waals surface area contributed by atoms with E-state index in [-0.39, 0.29) is 0 Å². The molecule has 3 heteroatoms. The zero-order valence-electron chi connectivity index (χ0n) is 11.4. The Morgan fingerprint density at radius 3 is 2.89 bits per heavy atom. The molecule has 2 aromatic rings. The summed E-state index contributed by atoms with van der Waals surface area (Å²) in [5.74, 6) is 0. The Morgan fingerprint density at radius 1 is 1.39 bits per heavy atom. The SMILES string of the molecule is CCC(NC)c1cnn(Cc2cccc(C)c2)c1. The Morgan fingerprint density at radius 2 is 2.22 bits per heavy atom. The predicted octanol–water partition coefficient (Wildman–Crippen LogP) is 2.91. The molecule has 0 saturated heterocycles. The summed E-state index contributed by atoms with van der Waals surface area (Å²) in [6.07, 6.45) is 5.17. The second kappa shape index (κ2) is 5.83. The van der Waals surface area contributed by atoms with Gasteiger partial charge in [0, 0.05) is 17.8 Å². The van der Waals surface area contributed by atoms with Gasteiger partial charge in [-0.05, 0) is 26.0 Å². The van der Waals surface area contributed by atoms with Crippen LogP contribution in [0.25, 0.3) is 0 Å². The summed E-state index contributed by atoms with van der Waals surface area (Å²) in [7, 11) is 1.99. The van der Waals surface area contributed by atoms with Gasteiger partial charge in [-0.3, -0.25) is 4.68 Å². The van der Waals surface area contributed by atoms with E-state index in [1.807, 2.05) is 17.9 Å². The van der Waals surface area contributed by atoms with Gasteiger partial charge in [0.25, 0.3) is 0 Å². The molecule has 1 heterocycles. The summed E-state index contributed by atoms with van der Waals surface area (Å²) < 4.78 is 2.00. The van der Waals surface area contributed by atoms with Gasteiger partial charge < -0.3 is 5.32 Å². The number of nitrogens with zero attached hydrogens (tertiary/aromatic N) is 2. The Balaban J connectivity index is 2.11. The maximum atomic E-state index is 4.43. The summed E-state index contributed by atoms with van der Waals surface area (Å²) >= 11 is 0. The average molecular weight is 243 g/mol. The quantitative estimate of drug-likeness (QED) is 0.875. The first-order valence-corrected chi connectivity index (χ1v) is 6.48. The molecule has 0 fully saturated rings. The Hall–Kier alpha value is -1.61. The second-order valence-corrected chi connectivity index (χ2v) is 4.71. The van der Waals surface area contributed by atoms with Crippen molar-refractivity contribution in [1.29, 1.82) is 0 Å². The molecular formula is C15H21N3. The smallest absolute Gasteiger partial charge is 0.0659 e. The number of benzene rings is 1. The molecule has 0 aliphatic rings. The fourth-order valence-electron chi connectivity index (χ4n) is 2.25. The van der Waals surface area contributed by atoms with Crippen molar-refractivity contribution in [1.82, 2.24) is 15.1 Å². The minimum Gasteiger partial charge on any atom is -0.313 e. The molecule has 0 radical (unpaired) electrons. The third-order valence-corrected chi connectivity index (χ3v) is 3.24. The van der Waals surface area contributed by atoms with Crippen molar-refractivity contribution in [3.05, 3.63) is 53.3 Å². The van der Waals surface area contributed by atoms with Crippen LogP contribution in [0.3, 0.4) is 0 Å². The van der Waals surface area contributed by atoms with E-state index in [2.05, 4.69) is 54.7 Å². The number of hydrogen-bond acceptors (Lipinski definition) is 2. The van der Waals surface area contributed by atoms with Crippen molar-refractivity contribution in [3.63, 3.8) is 0 Å². The lowest BCUT2D eigenvalue weighted by Gasteiger charge is -2.10. The summed E-state index contributed by atoms with van der Waals surface area (Å²) in [6, 6.07) is 8.96. The van der Waals surface area contributed by atoms with E-state index < -0.39 is 0 Å². The number of rotatable bonds is 5. The van der Waals surface area contributed by atoms with Gasteiger partial charge in [0.05, 0.1) is 12.7 Å². The molecule has 0 spiro atoms. The number of aryl methyl sites for hydroxylation is 1. The van der Waals surface area contributed by atoms with Crippen LogP contribution in [0.5, 0.6) is 0 Å². The van der Waals surface area contributed by atoms with E-state index in [9.17, 15) is 0 Å². The minimum absolute atomic E-state index is 0.399. The largest absolute Gasteiger partial charge is 0.313 e. The minimum atomic E-state index is 0.399. The van der Waals surface area contributed by atoms with E-state index >= 15 is 0 Å². The maximum absolute atomic E-state index is 4.43. The van der Waals surface area contributed by atoms with Crippen molar-refractivity contribution in [2.45, 2.75) is 32.9 Å². The highest BCUT2D eigenvalue weighted by Crippen LogP contribution is 2.15. The first-order chi connectivity index (χ1) is 8.72. The van der Waals surface area contributed by atoms with Crippen LogP contribution in [0.15, 0.2) is 36.7 Å².